The average Bonchev–Trinajstić information content (AvgIpc) is 1.85. The minimum Gasteiger partial charge on any atom is -0.305 e. The van der Waals surface area contributed by atoms with Crippen LogP contribution < -0.4 is 0 Å². The lowest BCUT2D eigenvalue weighted by atomic mass is 10.0. The largest absolute Gasteiger partial charge is 0.305 e. The fourth-order valence-electron chi connectivity index (χ4n) is 1.04. The topological polar surface area (TPSA) is 37.3 Å². The Kier molecular flexibility index (Phi) is 2.72. The third-order valence-electron chi connectivity index (χ3n) is 1.60. The van der Waals surface area contributed by atoms with Crippen LogP contribution in [0.5, 0.6) is 0 Å². The van der Waals surface area contributed by atoms with Gasteiger partial charge in [0.1, 0.15) is 17.2 Å². The lowest BCUT2D eigenvalue weighted by molar-refractivity contribution is 0.284. The van der Waals surface area contributed by atoms with Crippen LogP contribution in [-0.4, -0.2) is 20.2 Å². The van der Waals surface area contributed by atoms with Crippen LogP contribution in [0.3, 0.4) is 0 Å². The van der Waals surface area contributed by atoms with E-state index in [-0.39, 0.29) is 6.42 Å². The molecule has 11 heavy (non-hydrogen) atoms. The van der Waals surface area contributed by atoms with Crippen molar-refractivity contribution < 1.29 is 17.5 Å². The van der Waals surface area contributed by atoms with Crippen LogP contribution in [0.2, 0.25) is 0 Å². The van der Waals surface area contributed by atoms with E-state index in [1.54, 1.807) is 0 Å². The van der Waals surface area contributed by atoms with Gasteiger partial charge >= 0.3 is 0 Å². The van der Waals surface area contributed by atoms with Crippen molar-refractivity contribution in [3.05, 3.63) is 11.9 Å². The maximum absolute atomic E-state index is 12.7. The molecule has 1 N–H and O–H groups in total. The molecule has 1 rings (SSSR count). The standard InChI is InChI=1S/C6H8F2O2S/c7-4-2-1-3-5(8)6(4)11(9)10/h2,5-6H,1,3H2,(H,9,10). The molecule has 5 heteroatoms. The lowest BCUT2D eigenvalue weighted by Gasteiger charge is -2.19. The van der Waals surface area contributed by atoms with Gasteiger partial charge in [0.05, 0.1) is 0 Å². The van der Waals surface area contributed by atoms with E-state index in [9.17, 15) is 13.0 Å². The number of allylic oxidation sites excluding steroid dienone is 1. The molecule has 64 valence electrons. The molecule has 0 aliphatic heterocycles. The van der Waals surface area contributed by atoms with E-state index < -0.39 is 28.3 Å². The molecule has 0 saturated heterocycles. The van der Waals surface area contributed by atoms with Crippen molar-refractivity contribution in [2.75, 3.05) is 0 Å². The van der Waals surface area contributed by atoms with Gasteiger partial charge < -0.3 is 4.55 Å². The Morgan fingerprint density at radius 1 is 1.73 bits per heavy atom. The normalized spacial score (nSPS) is 34.6. The molecule has 3 atom stereocenters. The Bertz CT molecular complexity index is 205. The van der Waals surface area contributed by atoms with Gasteiger partial charge in [0.15, 0.2) is 11.1 Å². The molecule has 1 aliphatic carbocycles. The summed E-state index contributed by atoms with van der Waals surface area (Å²) in [5.74, 6) is -0.801. The summed E-state index contributed by atoms with van der Waals surface area (Å²) in [6.45, 7) is 0. The monoisotopic (exact) mass is 182 g/mol. The van der Waals surface area contributed by atoms with Gasteiger partial charge in [-0.25, -0.2) is 13.0 Å². The van der Waals surface area contributed by atoms with Crippen LogP contribution in [0.4, 0.5) is 8.78 Å². The van der Waals surface area contributed by atoms with Crippen molar-refractivity contribution in [1.82, 2.24) is 0 Å². The predicted molar refractivity (Wildman–Crippen MR) is 37.9 cm³/mol. The van der Waals surface area contributed by atoms with Gasteiger partial charge in [0.25, 0.3) is 0 Å². The molecular formula is C6H8F2O2S. The van der Waals surface area contributed by atoms with Crippen LogP contribution in [0.15, 0.2) is 11.9 Å². The first kappa shape index (κ1) is 8.80. The molecule has 0 bridgehead atoms. The highest BCUT2D eigenvalue weighted by atomic mass is 32.2. The van der Waals surface area contributed by atoms with Gasteiger partial charge in [-0.3, -0.25) is 0 Å². The zero-order valence-electron chi connectivity index (χ0n) is 5.67. The third-order valence-corrected chi connectivity index (χ3v) is 2.55. The van der Waals surface area contributed by atoms with Crippen molar-refractivity contribution in [3.63, 3.8) is 0 Å². The van der Waals surface area contributed by atoms with Gasteiger partial charge in [0.2, 0.25) is 0 Å². The summed E-state index contributed by atoms with van der Waals surface area (Å²) in [7, 11) is 0. The highest BCUT2D eigenvalue weighted by Crippen LogP contribution is 2.25. The summed E-state index contributed by atoms with van der Waals surface area (Å²) >= 11 is -2.43. The Hall–Kier alpha value is -0.290. The minimum absolute atomic E-state index is 0.129. The Morgan fingerprint density at radius 3 is 2.73 bits per heavy atom. The van der Waals surface area contributed by atoms with E-state index in [0.717, 1.165) is 6.08 Å². The fourth-order valence-corrected chi connectivity index (χ4v) is 1.72. The van der Waals surface area contributed by atoms with Gasteiger partial charge in [-0.2, -0.15) is 0 Å². The molecule has 0 radical (unpaired) electrons. The second kappa shape index (κ2) is 3.40. The molecule has 1 aliphatic rings. The van der Waals surface area contributed by atoms with E-state index in [4.69, 9.17) is 4.55 Å². The van der Waals surface area contributed by atoms with E-state index in [1.165, 1.54) is 0 Å². The lowest BCUT2D eigenvalue weighted by Crippen LogP contribution is -2.30. The highest BCUT2D eigenvalue weighted by molar-refractivity contribution is 7.80. The van der Waals surface area contributed by atoms with Crippen molar-refractivity contribution >= 4 is 11.1 Å². The maximum Gasteiger partial charge on any atom is 0.166 e. The quantitative estimate of drug-likeness (QED) is 0.625. The molecule has 0 heterocycles. The number of alkyl halides is 1. The van der Waals surface area contributed by atoms with E-state index in [1.807, 2.05) is 0 Å². The second-order valence-electron chi connectivity index (χ2n) is 2.38. The zero-order valence-corrected chi connectivity index (χ0v) is 6.48. The number of hydrogen-bond acceptors (Lipinski definition) is 1. The molecule has 0 saturated carbocycles. The van der Waals surface area contributed by atoms with Crippen molar-refractivity contribution in [2.24, 2.45) is 0 Å². The summed E-state index contributed by atoms with van der Waals surface area (Å²) in [5.41, 5.74) is 0. The van der Waals surface area contributed by atoms with Crippen LogP contribution >= 0.6 is 0 Å². The first-order chi connectivity index (χ1) is 5.13. The van der Waals surface area contributed by atoms with Crippen LogP contribution in [0, 0.1) is 0 Å². The number of halogens is 2. The smallest absolute Gasteiger partial charge is 0.166 e. The molecule has 0 fully saturated rings. The molecule has 3 unspecified atom stereocenters. The van der Waals surface area contributed by atoms with Gasteiger partial charge in [-0.1, -0.05) is 6.08 Å². The van der Waals surface area contributed by atoms with Crippen molar-refractivity contribution in [2.45, 2.75) is 24.3 Å². The molecule has 0 spiro atoms. The first-order valence-electron chi connectivity index (χ1n) is 3.22. The van der Waals surface area contributed by atoms with Crippen LogP contribution in [0.1, 0.15) is 12.8 Å². The highest BCUT2D eigenvalue weighted by Gasteiger charge is 2.32. The number of rotatable bonds is 1. The van der Waals surface area contributed by atoms with Crippen molar-refractivity contribution in [3.8, 4) is 0 Å². The summed E-state index contributed by atoms with van der Waals surface area (Å²) in [6, 6.07) is 0. The average molecular weight is 182 g/mol. The Labute approximate surface area is 65.6 Å². The summed E-state index contributed by atoms with van der Waals surface area (Å²) in [4.78, 5) is 0. The summed E-state index contributed by atoms with van der Waals surface area (Å²) in [6.07, 6.45) is 0.0748. The Morgan fingerprint density at radius 2 is 2.36 bits per heavy atom. The first-order valence-corrected chi connectivity index (χ1v) is 4.39. The van der Waals surface area contributed by atoms with Crippen molar-refractivity contribution in [1.29, 1.82) is 0 Å². The van der Waals surface area contributed by atoms with Gasteiger partial charge in [-0.05, 0) is 12.8 Å². The maximum atomic E-state index is 12.7. The van der Waals surface area contributed by atoms with E-state index in [0.29, 0.717) is 6.42 Å². The summed E-state index contributed by atoms with van der Waals surface area (Å²) in [5, 5.41) is -1.45. The third kappa shape index (κ3) is 1.84. The van der Waals surface area contributed by atoms with Gasteiger partial charge in [-0.15, -0.1) is 0 Å². The molecular weight excluding hydrogens is 174 g/mol. The number of hydrogen-bond donors (Lipinski definition) is 1. The van der Waals surface area contributed by atoms with Gasteiger partial charge in [0, 0.05) is 0 Å². The molecule has 2 nitrogen and oxygen atoms in total. The van der Waals surface area contributed by atoms with Crippen LogP contribution in [0.25, 0.3) is 0 Å². The van der Waals surface area contributed by atoms with Crippen LogP contribution in [-0.2, 0) is 11.1 Å². The van der Waals surface area contributed by atoms with E-state index >= 15 is 0 Å². The second-order valence-corrected chi connectivity index (χ2v) is 3.44. The zero-order chi connectivity index (χ0) is 8.43. The Balaban J connectivity index is 2.80. The SMILES string of the molecule is O=S(O)C1C(F)=CCCC1F. The summed E-state index contributed by atoms with van der Waals surface area (Å²) < 4.78 is 44.2. The molecule has 0 aromatic rings. The van der Waals surface area contributed by atoms with E-state index in [2.05, 4.69) is 0 Å². The molecule has 0 aromatic carbocycles. The fraction of sp³-hybridized carbons (Fsp3) is 0.667. The predicted octanol–water partition coefficient (Wildman–Crippen LogP) is 1.56. The molecule has 0 aromatic heterocycles. The molecule has 0 amide bonds. The minimum atomic E-state index is -2.43.